The molecular weight excluding hydrogens is 222 g/mol. The van der Waals surface area contributed by atoms with Crippen molar-refractivity contribution in [3.05, 3.63) is 28.8 Å². The van der Waals surface area contributed by atoms with Crippen molar-refractivity contribution in [2.45, 2.75) is 52.0 Å². The molecule has 0 saturated heterocycles. The Morgan fingerprint density at radius 3 is 2.56 bits per heavy atom. The van der Waals surface area contributed by atoms with Crippen molar-refractivity contribution >= 4 is 0 Å². The molecule has 0 unspecified atom stereocenters. The number of hydrogen-bond donors (Lipinski definition) is 1. The highest BCUT2D eigenvalue weighted by Gasteiger charge is 2.14. The first-order valence-corrected chi connectivity index (χ1v) is 7.09. The van der Waals surface area contributed by atoms with Crippen LogP contribution in [-0.4, -0.2) is 19.7 Å². The van der Waals surface area contributed by atoms with Crippen molar-refractivity contribution in [3.63, 3.8) is 0 Å². The summed E-state index contributed by atoms with van der Waals surface area (Å²) in [5.74, 6) is 1.00. The molecule has 2 heteroatoms. The standard InChI is InChI=1S/C16H25NO/c1-12-13(2)16(18-3)9-8-14(12)10-11-17-15-6-4-5-7-15/h8-9,15,17H,4-7,10-11H2,1-3H3. The summed E-state index contributed by atoms with van der Waals surface area (Å²) < 4.78 is 5.35. The van der Waals surface area contributed by atoms with Crippen LogP contribution in [0.1, 0.15) is 42.4 Å². The summed E-state index contributed by atoms with van der Waals surface area (Å²) in [6.07, 6.45) is 6.64. The van der Waals surface area contributed by atoms with E-state index in [0.717, 1.165) is 24.8 Å². The Morgan fingerprint density at radius 1 is 1.17 bits per heavy atom. The van der Waals surface area contributed by atoms with Gasteiger partial charge in [0.2, 0.25) is 0 Å². The average molecular weight is 247 g/mol. The zero-order valence-electron chi connectivity index (χ0n) is 11.9. The van der Waals surface area contributed by atoms with Crippen molar-refractivity contribution in [3.8, 4) is 5.75 Å². The van der Waals surface area contributed by atoms with Gasteiger partial charge in [0.25, 0.3) is 0 Å². The van der Waals surface area contributed by atoms with Crippen molar-refractivity contribution in [2.75, 3.05) is 13.7 Å². The zero-order valence-corrected chi connectivity index (χ0v) is 11.9. The van der Waals surface area contributed by atoms with Crippen LogP contribution in [0.5, 0.6) is 5.75 Å². The Balaban J connectivity index is 1.90. The number of nitrogens with one attached hydrogen (secondary N) is 1. The first-order chi connectivity index (χ1) is 8.72. The smallest absolute Gasteiger partial charge is 0.122 e. The number of methoxy groups -OCH3 is 1. The lowest BCUT2D eigenvalue weighted by Gasteiger charge is -2.15. The molecule has 0 bridgehead atoms. The first-order valence-electron chi connectivity index (χ1n) is 7.09. The van der Waals surface area contributed by atoms with Crippen molar-refractivity contribution in [2.24, 2.45) is 0 Å². The highest BCUT2D eigenvalue weighted by atomic mass is 16.5. The van der Waals surface area contributed by atoms with Gasteiger partial charge in [0.05, 0.1) is 7.11 Å². The second-order valence-electron chi connectivity index (χ2n) is 5.36. The highest BCUT2D eigenvalue weighted by Crippen LogP contribution is 2.24. The summed E-state index contributed by atoms with van der Waals surface area (Å²) >= 11 is 0. The summed E-state index contributed by atoms with van der Waals surface area (Å²) in [7, 11) is 1.74. The van der Waals surface area contributed by atoms with E-state index in [1.807, 2.05) is 0 Å². The lowest BCUT2D eigenvalue weighted by Crippen LogP contribution is -2.28. The molecule has 0 atom stereocenters. The molecule has 0 amide bonds. The van der Waals surface area contributed by atoms with E-state index in [9.17, 15) is 0 Å². The number of ether oxygens (including phenoxy) is 1. The maximum atomic E-state index is 5.35. The molecule has 1 aliphatic carbocycles. The van der Waals surface area contributed by atoms with Gasteiger partial charge in [0.15, 0.2) is 0 Å². The molecule has 1 fully saturated rings. The van der Waals surface area contributed by atoms with E-state index in [2.05, 4.69) is 31.3 Å². The fraction of sp³-hybridized carbons (Fsp3) is 0.625. The molecule has 1 saturated carbocycles. The summed E-state index contributed by atoms with van der Waals surface area (Å²) in [5, 5.41) is 3.67. The second-order valence-corrected chi connectivity index (χ2v) is 5.36. The minimum atomic E-state index is 0.768. The lowest BCUT2D eigenvalue weighted by molar-refractivity contribution is 0.411. The van der Waals surface area contributed by atoms with Crippen LogP contribution in [0.15, 0.2) is 12.1 Å². The van der Waals surface area contributed by atoms with Crippen LogP contribution in [0.2, 0.25) is 0 Å². The molecule has 100 valence electrons. The topological polar surface area (TPSA) is 21.3 Å². The van der Waals surface area contributed by atoms with Crippen LogP contribution in [0.25, 0.3) is 0 Å². The molecule has 0 radical (unpaired) electrons. The third-order valence-electron chi connectivity index (χ3n) is 4.25. The molecule has 2 nitrogen and oxygen atoms in total. The van der Waals surface area contributed by atoms with Gasteiger partial charge in [-0.1, -0.05) is 18.9 Å². The van der Waals surface area contributed by atoms with Crippen LogP contribution >= 0.6 is 0 Å². The fourth-order valence-corrected chi connectivity index (χ4v) is 2.88. The second kappa shape index (κ2) is 6.24. The van der Waals surface area contributed by atoms with Gasteiger partial charge in [-0.05, 0) is 62.4 Å². The third kappa shape index (κ3) is 3.05. The molecule has 1 aliphatic rings. The normalized spacial score (nSPS) is 16.2. The van der Waals surface area contributed by atoms with Gasteiger partial charge in [-0.15, -0.1) is 0 Å². The predicted molar refractivity (Wildman–Crippen MR) is 76.4 cm³/mol. The van der Waals surface area contributed by atoms with Crippen molar-refractivity contribution in [1.82, 2.24) is 5.32 Å². The van der Waals surface area contributed by atoms with E-state index >= 15 is 0 Å². The summed E-state index contributed by atoms with van der Waals surface area (Å²) in [4.78, 5) is 0. The van der Waals surface area contributed by atoms with E-state index in [-0.39, 0.29) is 0 Å². The van der Waals surface area contributed by atoms with Gasteiger partial charge in [-0.2, -0.15) is 0 Å². The summed E-state index contributed by atoms with van der Waals surface area (Å²) in [5.41, 5.74) is 4.09. The van der Waals surface area contributed by atoms with Gasteiger partial charge in [0.1, 0.15) is 5.75 Å². The molecule has 2 rings (SSSR count). The molecule has 18 heavy (non-hydrogen) atoms. The molecular formula is C16H25NO. The Bertz CT molecular complexity index is 394. The number of benzene rings is 1. The van der Waals surface area contributed by atoms with E-state index in [1.54, 1.807) is 7.11 Å². The van der Waals surface area contributed by atoms with Gasteiger partial charge >= 0.3 is 0 Å². The number of rotatable bonds is 5. The Kier molecular flexibility index (Phi) is 4.65. The average Bonchev–Trinajstić information content (AvgIpc) is 2.88. The van der Waals surface area contributed by atoms with E-state index in [4.69, 9.17) is 4.74 Å². The van der Waals surface area contributed by atoms with Crippen LogP contribution < -0.4 is 10.1 Å². The quantitative estimate of drug-likeness (QED) is 0.861. The molecule has 1 N–H and O–H groups in total. The molecule has 0 aliphatic heterocycles. The maximum absolute atomic E-state index is 5.35. The summed E-state index contributed by atoms with van der Waals surface area (Å²) in [6, 6.07) is 5.06. The largest absolute Gasteiger partial charge is 0.496 e. The van der Waals surface area contributed by atoms with Gasteiger partial charge in [-0.25, -0.2) is 0 Å². The lowest BCUT2D eigenvalue weighted by atomic mass is 10.00. The zero-order chi connectivity index (χ0) is 13.0. The van der Waals surface area contributed by atoms with Crippen molar-refractivity contribution in [1.29, 1.82) is 0 Å². The van der Waals surface area contributed by atoms with Crippen LogP contribution in [0.4, 0.5) is 0 Å². The Labute approximate surface area is 111 Å². The van der Waals surface area contributed by atoms with Crippen molar-refractivity contribution < 1.29 is 4.74 Å². The SMILES string of the molecule is COc1ccc(CCNC2CCCC2)c(C)c1C. The minimum absolute atomic E-state index is 0.768. The van der Waals surface area contributed by atoms with Gasteiger partial charge < -0.3 is 10.1 Å². The van der Waals surface area contributed by atoms with Crippen LogP contribution in [0, 0.1) is 13.8 Å². The number of hydrogen-bond acceptors (Lipinski definition) is 2. The van der Waals surface area contributed by atoms with E-state index in [0.29, 0.717) is 0 Å². The minimum Gasteiger partial charge on any atom is -0.496 e. The van der Waals surface area contributed by atoms with Gasteiger partial charge in [0, 0.05) is 6.04 Å². The molecule has 1 aromatic rings. The third-order valence-corrected chi connectivity index (χ3v) is 4.25. The maximum Gasteiger partial charge on any atom is 0.122 e. The van der Waals surface area contributed by atoms with E-state index < -0.39 is 0 Å². The van der Waals surface area contributed by atoms with Crippen LogP contribution in [-0.2, 0) is 6.42 Å². The first kappa shape index (κ1) is 13.4. The highest BCUT2D eigenvalue weighted by molar-refractivity contribution is 5.43. The van der Waals surface area contributed by atoms with Gasteiger partial charge in [-0.3, -0.25) is 0 Å². The fourth-order valence-electron chi connectivity index (χ4n) is 2.88. The molecule has 1 aromatic carbocycles. The molecule has 0 aromatic heterocycles. The monoisotopic (exact) mass is 247 g/mol. The van der Waals surface area contributed by atoms with Crippen LogP contribution in [0.3, 0.4) is 0 Å². The molecule has 0 spiro atoms. The Morgan fingerprint density at radius 2 is 1.89 bits per heavy atom. The summed E-state index contributed by atoms with van der Waals surface area (Å²) in [6.45, 7) is 5.43. The Hall–Kier alpha value is -1.02. The molecule has 0 heterocycles. The van der Waals surface area contributed by atoms with E-state index in [1.165, 1.54) is 42.4 Å². The predicted octanol–water partition coefficient (Wildman–Crippen LogP) is 3.39.